The van der Waals surface area contributed by atoms with Crippen LogP contribution in [0, 0.1) is 0 Å². The minimum absolute atomic E-state index is 0. The van der Waals surface area contributed by atoms with Crippen molar-refractivity contribution in [2.45, 2.75) is 0 Å². The molecule has 0 aromatic carbocycles. The van der Waals surface area contributed by atoms with Crippen molar-refractivity contribution in [2.24, 2.45) is 10.9 Å². The largest absolute Gasteiger partial charge is 0.461 e. The molecule has 10 heavy (non-hydrogen) atoms. The Balaban J connectivity index is 0.000000810. The summed E-state index contributed by atoms with van der Waals surface area (Å²) in [6.45, 7) is 0. The Labute approximate surface area is 63.7 Å². The SMILES string of the molecule is Cl.NC(=NO)c1ccco1. The van der Waals surface area contributed by atoms with Crippen molar-refractivity contribution < 1.29 is 9.62 Å². The Morgan fingerprint density at radius 2 is 2.40 bits per heavy atom. The van der Waals surface area contributed by atoms with Gasteiger partial charge in [-0.2, -0.15) is 0 Å². The second-order valence-electron chi connectivity index (χ2n) is 1.46. The van der Waals surface area contributed by atoms with Gasteiger partial charge in [0.25, 0.3) is 0 Å². The van der Waals surface area contributed by atoms with E-state index in [-0.39, 0.29) is 18.2 Å². The summed E-state index contributed by atoms with van der Waals surface area (Å²) in [5, 5.41) is 10.8. The molecule has 56 valence electrons. The van der Waals surface area contributed by atoms with Crippen LogP contribution in [0.4, 0.5) is 0 Å². The van der Waals surface area contributed by atoms with E-state index in [9.17, 15) is 0 Å². The zero-order valence-electron chi connectivity index (χ0n) is 5.02. The normalized spacial score (nSPS) is 10.6. The molecular weight excluding hydrogens is 156 g/mol. The number of furan rings is 1. The average molecular weight is 163 g/mol. The lowest BCUT2D eigenvalue weighted by atomic mass is 10.4. The van der Waals surface area contributed by atoms with E-state index in [4.69, 9.17) is 15.4 Å². The summed E-state index contributed by atoms with van der Waals surface area (Å²) in [4.78, 5) is 0. The van der Waals surface area contributed by atoms with Gasteiger partial charge in [-0.15, -0.1) is 12.4 Å². The van der Waals surface area contributed by atoms with Crippen LogP contribution in [0.2, 0.25) is 0 Å². The highest BCUT2D eigenvalue weighted by Gasteiger charge is 1.98. The maximum atomic E-state index is 8.11. The predicted molar refractivity (Wildman–Crippen MR) is 38.5 cm³/mol. The number of hydrogen-bond acceptors (Lipinski definition) is 3. The van der Waals surface area contributed by atoms with E-state index in [1.807, 2.05) is 0 Å². The number of halogens is 1. The van der Waals surface area contributed by atoms with Gasteiger partial charge in [-0.1, -0.05) is 5.16 Å². The third-order valence-corrected chi connectivity index (χ3v) is 0.881. The maximum absolute atomic E-state index is 8.11. The average Bonchev–Trinajstić information content (AvgIpc) is 2.37. The summed E-state index contributed by atoms with van der Waals surface area (Å²) >= 11 is 0. The van der Waals surface area contributed by atoms with E-state index < -0.39 is 0 Å². The van der Waals surface area contributed by atoms with E-state index in [0.29, 0.717) is 5.76 Å². The summed E-state index contributed by atoms with van der Waals surface area (Å²) in [5.41, 5.74) is 5.14. The molecule has 0 aliphatic heterocycles. The van der Waals surface area contributed by atoms with Crippen LogP contribution in [-0.4, -0.2) is 11.0 Å². The molecule has 4 nitrogen and oxygen atoms in total. The molecule has 0 spiro atoms. The van der Waals surface area contributed by atoms with Gasteiger partial charge in [0.15, 0.2) is 5.76 Å². The Bertz CT molecular complexity index is 207. The molecule has 1 aromatic rings. The van der Waals surface area contributed by atoms with Crippen LogP contribution in [0.1, 0.15) is 5.76 Å². The minimum atomic E-state index is -0.0139. The van der Waals surface area contributed by atoms with Crippen LogP contribution in [0.5, 0.6) is 0 Å². The Kier molecular flexibility index (Phi) is 3.35. The van der Waals surface area contributed by atoms with E-state index in [2.05, 4.69) is 5.16 Å². The fourth-order valence-corrected chi connectivity index (χ4v) is 0.474. The van der Waals surface area contributed by atoms with E-state index in [1.54, 1.807) is 12.1 Å². The van der Waals surface area contributed by atoms with Crippen molar-refractivity contribution in [3.63, 3.8) is 0 Å². The summed E-state index contributed by atoms with van der Waals surface area (Å²) in [6, 6.07) is 3.27. The molecule has 0 saturated heterocycles. The topological polar surface area (TPSA) is 71.8 Å². The van der Waals surface area contributed by atoms with Crippen LogP contribution in [-0.2, 0) is 0 Å². The number of rotatable bonds is 1. The Morgan fingerprint density at radius 3 is 2.80 bits per heavy atom. The first-order chi connectivity index (χ1) is 4.34. The van der Waals surface area contributed by atoms with Gasteiger partial charge in [-0.3, -0.25) is 0 Å². The molecule has 1 rings (SSSR count). The summed E-state index contributed by atoms with van der Waals surface area (Å²) in [5.74, 6) is 0.359. The third-order valence-electron chi connectivity index (χ3n) is 0.881. The van der Waals surface area contributed by atoms with Crippen molar-refractivity contribution in [1.29, 1.82) is 0 Å². The quantitative estimate of drug-likeness (QED) is 0.278. The molecule has 0 radical (unpaired) electrons. The minimum Gasteiger partial charge on any atom is -0.461 e. The number of amidine groups is 1. The fraction of sp³-hybridized carbons (Fsp3) is 0. The van der Waals surface area contributed by atoms with Crippen molar-refractivity contribution in [3.05, 3.63) is 24.2 Å². The van der Waals surface area contributed by atoms with Gasteiger partial charge in [-0.25, -0.2) is 0 Å². The molecule has 0 saturated carbocycles. The van der Waals surface area contributed by atoms with Gasteiger partial charge in [-0.05, 0) is 12.1 Å². The molecule has 0 aliphatic rings. The van der Waals surface area contributed by atoms with Gasteiger partial charge in [0.2, 0.25) is 5.84 Å². The Hall–Kier alpha value is -1.16. The monoisotopic (exact) mass is 162 g/mol. The van der Waals surface area contributed by atoms with Crippen molar-refractivity contribution >= 4 is 18.2 Å². The molecule has 0 amide bonds. The van der Waals surface area contributed by atoms with Gasteiger partial charge >= 0.3 is 0 Å². The molecule has 1 aromatic heterocycles. The van der Waals surface area contributed by atoms with E-state index in [1.165, 1.54) is 6.26 Å². The second-order valence-corrected chi connectivity index (χ2v) is 1.46. The smallest absolute Gasteiger partial charge is 0.205 e. The van der Waals surface area contributed by atoms with Gasteiger partial charge in [0.05, 0.1) is 6.26 Å². The summed E-state index contributed by atoms with van der Waals surface area (Å²) in [7, 11) is 0. The van der Waals surface area contributed by atoms with Crippen molar-refractivity contribution in [2.75, 3.05) is 0 Å². The number of oxime groups is 1. The maximum Gasteiger partial charge on any atom is 0.205 e. The molecule has 1 heterocycles. The highest BCUT2D eigenvalue weighted by molar-refractivity contribution is 5.94. The third kappa shape index (κ3) is 1.66. The van der Waals surface area contributed by atoms with Gasteiger partial charge in [0, 0.05) is 0 Å². The lowest BCUT2D eigenvalue weighted by molar-refractivity contribution is 0.317. The van der Waals surface area contributed by atoms with Crippen molar-refractivity contribution in [3.8, 4) is 0 Å². The number of nitrogens with two attached hydrogens (primary N) is 1. The van der Waals surface area contributed by atoms with Crippen LogP contribution in [0.3, 0.4) is 0 Å². The zero-order chi connectivity index (χ0) is 6.69. The second kappa shape index (κ2) is 3.79. The summed E-state index contributed by atoms with van der Waals surface area (Å²) in [6.07, 6.45) is 1.45. The molecule has 5 heteroatoms. The van der Waals surface area contributed by atoms with Crippen molar-refractivity contribution in [1.82, 2.24) is 0 Å². The lowest BCUT2D eigenvalue weighted by Crippen LogP contribution is -2.11. The van der Waals surface area contributed by atoms with Crippen LogP contribution >= 0.6 is 12.4 Å². The highest BCUT2D eigenvalue weighted by Crippen LogP contribution is 1.97. The van der Waals surface area contributed by atoms with Crippen LogP contribution in [0.15, 0.2) is 28.0 Å². The first-order valence-corrected chi connectivity index (χ1v) is 2.36. The molecule has 0 aliphatic carbocycles. The lowest BCUT2D eigenvalue weighted by Gasteiger charge is -1.87. The predicted octanol–water partition coefficient (Wildman–Crippen LogP) is 0.796. The van der Waals surface area contributed by atoms with Crippen LogP contribution in [0.25, 0.3) is 0 Å². The molecule has 0 unspecified atom stereocenters. The molecular formula is C5H7ClN2O2. The van der Waals surface area contributed by atoms with E-state index >= 15 is 0 Å². The molecule has 3 N–H and O–H groups in total. The molecule has 0 bridgehead atoms. The standard InChI is InChI=1S/C5H6N2O2.ClH/c6-5(7-8)4-2-1-3-9-4;/h1-3,8H,(H2,6,7);1H. The highest BCUT2D eigenvalue weighted by atomic mass is 35.5. The first-order valence-electron chi connectivity index (χ1n) is 2.36. The Morgan fingerprint density at radius 1 is 1.70 bits per heavy atom. The zero-order valence-corrected chi connectivity index (χ0v) is 5.84. The van der Waals surface area contributed by atoms with Crippen LogP contribution < -0.4 is 5.73 Å². The molecule has 0 fully saturated rings. The first kappa shape index (κ1) is 8.84. The number of nitrogens with zero attached hydrogens (tertiary/aromatic N) is 1. The van der Waals surface area contributed by atoms with E-state index in [0.717, 1.165) is 0 Å². The van der Waals surface area contributed by atoms with Gasteiger partial charge in [0.1, 0.15) is 0 Å². The summed E-state index contributed by atoms with van der Waals surface area (Å²) < 4.78 is 4.77. The number of hydrogen-bond donors (Lipinski definition) is 2. The fourth-order valence-electron chi connectivity index (χ4n) is 0.474. The van der Waals surface area contributed by atoms with Gasteiger partial charge < -0.3 is 15.4 Å². The molecule has 0 atom stereocenters.